The van der Waals surface area contributed by atoms with Gasteiger partial charge >= 0.3 is 6.09 Å². The normalized spacial score (nSPS) is 21.5. The smallest absolute Gasteiger partial charge is 0.399 e. The number of aryl methyl sites for hydroxylation is 1. The molecule has 0 radical (unpaired) electrons. The molecule has 2 aliphatic rings. The quantitative estimate of drug-likeness (QED) is 0.510. The van der Waals surface area contributed by atoms with Crippen LogP contribution in [0.5, 0.6) is 5.06 Å². The molecule has 4 rings (SSSR count). The Hall–Kier alpha value is -2.67. The summed E-state index contributed by atoms with van der Waals surface area (Å²) in [6, 6.07) is 9.09. The van der Waals surface area contributed by atoms with Gasteiger partial charge in [0.05, 0.1) is 23.6 Å². The highest BCUT2D eigenvalue weighted by molar-refractivity contribution is 9.11. The summed E-state index contributed by atoms with van der Waals surface area (Å²) < 4.78 is 17.2. The molecule has 0 bridgehead atoms. The van der Waals surface area contributed by atoms with Crippen LogP contribution in [0.4, 0.5) is 16.2 Å². The van der Waals surface area contributed by atoms with Gasteiger partial charge in [-0.2, -0.15) is 0 Å². The van der Waals surface area contributed by atoms with Crippen LogP contribution in [0.1, 0.15) is 18.4 Å². The van der Waals surface area contributed by atoms with Crippen LogP contribution >= 0.6 is 27.3 Å². The summed E-state index contributed by atoms with van der Waals surface area (Å²) in [7, 11) is 1.52. The van der Waals surface area contributed by atoms with E-state index in [1.54, 1.807) is 12.1 Å². The summed E-state index contributed by atoms with van der Waals surface area (Å²) in [6.45, 7) is 4.17. The van der Waals surface area contributed by atoms with Gasteiger partial charge in [-0.05, 0) is 58.7 Å². The van der Waals surface area contributed by atoms with Gasteiger partial charge in [0.25, 0.3) is 5.91 Å². The fourth-order valence-electron chi connectivity index (χ4n) is 4.00. The van der Waals surface area contributed by atoms with Gasteiger partial charge in [0, 0.05) is 37.4 Å². The van der Waals surface area contributed by atoms with Gasteiger partial charge in [-0.1, -0.05) is 16.5 Å². The Kier molecular flexibility index (Phi) is 8.26. The third-order valence-corrected chi connectivity index (χ3v) is 7.22. The molecule has 0 saturated carbocycles. The number of nitrogens with zero attached hydrogens (tertiary/aromatic N) is 2. The predicted octanol–water partition coefficient (Wildman–Crippen LogP) is 3.89. The van der Waals surface area contributed by atoms with Crippen molar-refractivity contribution in [2.45, 2.75) is 25.3 Å². The topological polar surface area (TPSA) is 111 Å². The SMILES string of the molecule is CON=C1CCOCCN1c1ccc(NC(=O)C2(NC(=O)Oc3ccc(Br)s3)CCOC2)cc1C. The highest BCUT2D eigenvalue weighted by Gasteiger charge is 2.44. The van der Waals surface area contributed by atoms with E-state index in [2.05, 4.69) is 36.6 Å². The molecule has 2 aliphatic heterocycles. The second-order valence-electron chi connectivity index (χ2n) is 8.12. The summed E-state index contributed by atoms with van der Waals surface area (Å²) in [4.78, 5) is 32.9. The van der Waals surface area contributed by atoms with E-state index in [1.807, 2.05) is 25.1 Å². The molecular weight excluding hydrogens is 540 g/mol. The number of hydrogen-bond donors (Lipinski definition) is 2. The molecule has 2 N–H and O–H groups in total. The Morgan fingerprint density at radius 1 is 1.20 bits per heavy atom. The molecule has 35 heavy (non-hydrogen) atoms. The second-order valence-corrected chi connectivity index (χ2v) is 10.5. The summed E-state index contributed by atoms with van der Waals surface area (Å²) in [5.41, 5.74) is 1.28. The molecule has 2 saturated heterocycles. The lowest BCUT2D eigenvalue weighted by molar-refractivity contribution is -0.122. The summed E-state index contributed by atoms with van der Waals surface area (Å²) in [5, 5.41) is 10.2. The number of benzene rings is 1. The first-order valence-electron chi connectivity index (χ1n) is 11.1. The number of carbonyl (C=O) groups is 2. The van der Waals surface area contributed by atoms with Crippen LogP contribution in [0.2, 0.25) is 0 Å². The zero-order valence-electron chi connectivity index (χ0n) is 19.5. The molecule has 3 heterocycles. The first-order chi connectivity index (χ1) is 16.9. The maximum atomic E-state index is 13.3. The number of amidine groups is 1. The highest BCUT2D eigenvalue weighted by Crippen LogP contribution is 2.30. The molecule has 1 aromatic carbocycles. The van der Waals surface area contributed by atoms with E-state index in [0.29, 0.717) is 50.0 Å². The lowest BCUT2D eigenvalue weighted by Gasteiger charge is -2.28. The number of amides is 2. The van der Waals surface area contributed by atoms with Crippen LogP contribution < -0.4 is 20.3 Å². The Labute approximate surface area is 215 Å². The third kappa shape index (κ3) is 6.13. The van der Waals surface area contributed by atoms with Crippen LogP contribution in [0.15, 0.2) is 39.3 Å². The van der Waals surface area contributed by atoms with E-state index in [9.17, 15) is 9.59 Å². The first-order valence-corrected chi connectivity index (χ1v) is 12.7. The van der Waals surface area contributed by atoms with Crippen molar-refractivity contribution in [1.82, 2.24) is 5.32 Å². The first kappa shape index (κ1) is 25.4. The maximum absolute atomic E-state index is 13.3. The number of carbonyl (C=O) groups excluding carboxylic acids is 2. The van der Waals surface area contributed by atoms with Crippen LogP contribution in [-0.2, 0) is 19.1 Å². The van der Waals surface area contributed by atoms with Gasteiger partial charge in [-0.25, -0.2) is 4.79 Å². The van der Waals surface area contributed by atoms with Crippen molar-refractivity contribution >= 4 is 56.5 Å². The number of hydrogen-bond acceptors (Lipinski definition) is 8. The number of nitrogens with one attached hydrogen (secondary N) is 2. The molecule has 1 unspecified atom stereocenters. The van der Waals surface area contributed by atoms with Crippen molar-refractivity contribution in [1.29, 1.82) is 0 Å². The minimum absolute atomic E-state index is 0.0593. The maximum Gasteiger partial charge on any atom is 0.414 e. The van der Waals surface area contributed by atoms with Crippen molar-refractivity contribution in [3.05, 3.63) is 39.7 Å². The third-order valence-electron chi connectivity index (χ3n) is 5.72. The van der Waals surface area contributed by atoms with Gasteiger partial charge < -0.3 is 34.6 Å². The molecule has 2 amide bonds. The summed E-state index contributed by atoms with van der Waals surface area (Å²) >= 11 is 4.61. The van der Waals surface area contributed by atoms with E-state index in [-0.39, 0.29) is 12.5 Å². The zero-order valence-corrected chi connectivity index (χ0v) is 21.9. The number of oxime groups is 1. The van der Waals surface area contributed by atoms with E-state index in [0.717, 1.165) is 20.9 Å². The van der Waals surface area contributed by atoms with Gasteiger partial charge in [0.2, 0.25) is 0 Å². The molecular formula is C23H27BrN4O6S. The standard InChI is InChI=1S/C23H27BrN4O6S/c1-15-13-16(3-4-17(15)28-9-12-32-10-7-19(28)27-31-2)25-21(29)23(8-11-33-14-23)26-22(30)34-20-6-5-18(24)35-20/h3-6,13H,7-12,14H2,1-2H3,(H,25,29)(H,26,30). The van der Waals surface area contributed by atoms with Gasteiger partial charge in [0.1, 0.15) is 12.6 Å². The molecule has 12 heteroatoms. The Morgan fingerprint density at radius 3 is 2.74 bits per heavy atom. The minimum atomic E-state index is -1.22. The average molecular weight is 567 g/mol. The number of anilines is 2. The van der Waals surface area contributed by atoms with Crippen molar-refractivity contribution in [2.24, 2.45) is 5.16 Å². The number of halogens is 1. The van der Waals surface area contributed by atoms with Gasteiger partial charge in [0.15, 0.2) is 10.9 Å². The van der Waals surface area contributed by atoms with Crippen LogP contribution in [0.3, 0.4) is 0 Å². The van der Waals surface area contributed by atoms with Crippen LogP contribution in [0, 0.1) is 6.92 Å². The van der Waals surface area contributed by atoms with Crippen molar-refractivity contribution in [3.63, 3.8) is 0 Å². The van der Waals surface area contributed by atoms with E-state index in [4.69, 9.17) is 19.0 Å². The van der Waals surface area contributed by atoms with Crippen molar-refractivity contribution in [3.8, 4) is 5.06 Å². The Bertz CT molecular complexity index is 1100. The van der Waals surface area contributed by atoms with Crippen LogP contribution in [0.25, 0.3) is 0 Å². The fraction of sp³-hybridized carbons (Fsp3) is 0.435. The lowest BCUT2D eigenvalue weighted by atomic mass is 9.97. The van der Waals surface area contributed by atoms with E-state index in [1.165, 1.54) is 18.4 Å². The zero-order chi connectivity index (χ0) is 24.8. The van der Waals surface area contributed by atoms with Crippen LogP contribution in [-0.4, -0.2) is 63.5 Å². The molecule has 1 atom stereocenters. The number of rotatable bonds is 6. The van der Waals surface area contributed by atoms with Crippen molar-refractivity contribution in [2.75, 3.05) is 50.3 Å². The fourth-order valence-corrected chi connectivity index (χ4v) is 5.19. The Balaban J connectivity index is 1.47. The minimum Gasteiger partial charge on any atom is -0.399 e. The predicted molar refractivity (Wildman–Crippen MR) is 136 cm³/mol. The van der Waals surface area contributed by atoms with Gasteiger partial charge in [-0.15, -0.1) is 0 Å². The lowest BCUT2D eigenvalue weighted by Crippen LogP contribution is -2.58. The monoisotopic (exact) mass is 566 g/mol. The number of thiophene rings is 1. The largest absolute Gasteiger partial charge is 0.414 e. The molecule has 0 spiro atoms. The van der Waals surface area contributed by atoms with Crippen molar-refractivity contribution < 1.29 is 28.6 Å². The van der Waals surface area contributed by atoms with E-state index < -0.39 is 11.6 Å². The molecule has 2 fully saturated rings. The summed E-state index contributed by atoms with van der Waals surface area (Å²) in [6.07, 6.45) is 0.266. The molecule has 10 nitrogen and oxygen atoms in total. The van der Waals surface area contributed by atoms with Gasteiger partial charge in [-0.3, -0.25) is 4.79 Å². The highest BCUT2D eigenvalue weighted by atomic mass is 79.9. The molecule has 188 valence electrons. The second kappa shape index (κ2) is 11.4. The molecule has 0 aliphatic carbocycles. The summed E-state index contributed by atoms with van der Waals surface area (Å²) in [5.74, 6) is 0.420. The average Bonchev–Trinajstić information content (AvgIpc) is 3.39. The molecule has 2 aromatic rings. The molecule has 1 aromatic heterocycles. The van der Waals surface area contributed by atoms with E-state index >= 15 is 0 Å². The number of ether oxygens (including phenoxy) is 3. The Morgan fingerprint density at radius 2 is 2.06 bits per heavy atom.